The van der Waals surface area contributed by atoms with Gasteiger partial charge in [0.1, 0.15) is 12.4 Å². The van der Waals surface area contributed by atoms with Crippen molar-refractivity contribution in [3.63, 3.8) is 0 Å². The highest BCUT2D eigenvalue weighted by molar-refractivity contribution is 5.08. The standard InChI is InChI=1S/C8H9N3O2/c12-7(8-9-5-10-11-8)3-6-1-2-13-4-6/h1-2,4-5,7,12H,3H2,(H,9,10,11). The average Bonchev–Trinajstić information content (AvgIpc) is 2.74. The first-order chi connectivity index (χ1) is 6.36. The monoisotopic (exact) mass is 179 g/mol. The summed E-state index contributed by atoms with van der Waals surface area (Å²) in [4.78, 5) is 3.85. The zero-order valence-corrected chi connectivity index (χ0v) is 6.84. The molecule has 2 aromatic heterocycles. The fourth-order valence-corrected chi connectivity index (χ4v) is 1.10. The molecule has 1 atom stereocenters. The molecule has 0 aliphatic heterocycles. The molecule has 0 saturated heterocycles. The molecule has 0 radical (unpaired) electrons. The van der Waals surface area contributed by atoms with Gasteiger partial charge in [0, 0.05) is 6.42 Å². The van der Waals surface area contributed by atoms with Crippen molar-refractivity contribution in [1.29, 1.82) is 0 Å². The summed E-state index contributed by atoms with van der Waals surface area (Å²) in [5.74, 6) is 0.473. The molecule has 0 fully saturated rings. The summed E-state index contributed by atoms with van der Waals surface area (Å²) >= 11 is 0. The molecule has 0 aromatic carbocycles. The number of rotatable bonds is 3. The van der Waals surface area contributed by atoms with Crippen molar-refractivity contribution in [2.24, 2.45) is 0 Å². The molecule has 2 N–H and O–H groups in total. The zero-order valence-electron chi connectivity index (χ0n) is 6.84. The van der Waals surface area contributed by atoms with Crippen molar-refractivity contribution in [2.75, 3.05) is 0 Å². The minimum atomic E-state index is -0.653. The van der Waals surface area contributed by atoms with Gasteiger partial charge in [-0.2, -0.15) is 5.10 Å². The quantitative estimate of drug-likeness (QED) is 0.726. The maximum atomic E-state index is 9.61. The molecule has 2 aromatic rings. The number of nitrogens with zero attached hydrogens (tertiary/aromatic N) is 2. The van der Waals surface area contributed by atoms with E-state index in [0.29, 0.717) is 12.2 Å². The van der Waals surface area contributed by atoms with Crippen molar-refractivity contribution in [3.8, 4) is 0 Å². The van der Waals surface area contributed by atoms with E-state index in [1.54, 1.807) is 18.6 Å². The van der Waals surface area contributed by atoms with Crippen molar-refractivity contribution in [3.05, 3.63) is 36.3 Å². The highest BCUT2D eigenvalue weighted by Crippen LogP contribution is 2.13. The summed E-state index contributed by atoms with van der Waals surface area (Å²) < 4.78 is 4.88. The second kappa shape index (κ2) is 3.40. The third-order valence-corrected chi connectivity index (χ3v) is 1.76. The van der Waals surface area contributed by atoms with Crippen LogP contribution in [0, 0.1) is 0 Å². The van der Waals surface area contributed by atoms with E-state index in [9.17, 15) is 5.11 Å². The smallest absolute Gasteiger partial charge is 0.153 e. The second-order valence-corrected chi connectivity index (χ2v) is 2.72. The zero-order chi connectivity index (χ0) is 9.10. The predicted molar refractivity (Wildman–Crippen MR) is 43.8 cm³/mol. The first-order valence-corrected chi connectivity index (χ1v) is 3.90. The summed E-state index contributed by atoms with van der Waals surface area (Å²) in [6.45, 7) is 0. The van der Waals surface area contributed by atoms with Gasteiger partial charge in [0.05, 0.1) is 12.5 Å². The van der Waals surface area contributed by atoms with Crippen molar-refractivity contribution < 1.29 is 9.52 Å². The van der Waals surface area contributed by atoms with Gasteiger partial charge in [-0.25, -0.2) is 4.98 Å². The van der Waals surface area contributed by atoms with Gasteiger partial charge in [0.2, 0.25) is 0 Å². The van der Waals surface area contributed by atoms with Crippen molar-refractivity contribution in [1.82, 2.24) is 15.2 Å². The third kappa shape index (κ3) is 1.75. The minimum Gasteiger partial charge on any atom is -0.472 e. The second-order valence-electron chi connectivity index (χ2n) is 2.72. The fraction of sp³-hybridized carbons (Fsp3) is 0.250. The Morgan fingerprint density at radius 1 is 1.62 bits per heavy atom. The Hall–Kier alpha value is -1.62. The van der Waals surface area contributed by atoms with Gasteiger partial charge >= 0.3 is 0 Å². The molecule has 5 nitrogen and oxygen atoms in total. The van der Waals surface area contributed by atoms with Crippen molar-refractivity contribution >= 4 is 0 Å². The van der Waals surface area contributed by atoms with Crippen LogP contribution >= 0.6 is 0 Å². The normalized spacial score (nSPS) is 13.0. The lowest BCUT2D eigenvalue weighted by molar-refractivity contribution is 0.168. The van der Waals surface area contributed by atoms with E-state index in [1.807, 2.05) is 0 Å². The molecule has 0 bridgehead atoms. The van der Waals surface area contributed by atoms with E-state index in [0.717, 1.165) is 5.56 Å². The van der Waals surface area contributed by atoms with Crippen LogP contribution in [0.25, 0.3) is 0 Å². The first-order valence-electron chi connectivity index (χ1n) is 3.90. The molecule has 0 saturated carbocycles. The Kier molecular flexibility index (Phi) is 2.09. The summed E-state index contributed by atoms with van der Waals surface area (Å²) in [6, 6.07) is 1.81. The molecular weight excluding hydrogens is 170 g/mol. The van der Waals surface area contributed by atoms with Gasteiger partial charge < -0.3 is 9.52 Å². The molecule has 0 aliphatic rings. The Morgan fingerprint density at radius 3 is 3.15 bits per heavy atom. The number of hydrogen-bond donors (Lipinski definition) is 2. The number of aromatic nitrogens is 3. The summed E-state index contributed by atoms with van der Waals surface area (Å²) in [5.41, 5.74) is 0.934. The van der Waals surface area contributed by atoms with Crippen LogP contribution in [0.2, 0.25) is 0 Å². The molecule has 0 amide bonds. The summed E-state index contributed by atoms with van der Waals surface area (Å²) in [5, 5.41) is 15.9. The van der Waals surface area contributed by atoms with E-state index in [1.165, 1.54) is 6.33 Å². The number of hydrogen-bond acceptors (Lipinski definition) is 4. The number of aliphatic hydroxyl groups is 1. The molecule has 1 unspecified atom stereocenters. The van der Waals surface area contributed by atoms with Crippen LogP contribution in [-0.2, 0) is 6.42 Å². The lowest BCUT2D eigenvalue weighted by Crippen LogP contribution is -2.03. The lowest BCUT2D eigenvalue weighted by atomic mass is 10.1. The van der Waals surface area contributed by atoms with E-state index < -0.39 is 6.10 Å². The molecule has 0 aliphatic carbocycles. The average molecular weight is 179 g/mol. The Labute approximate surface area is 74.4 Å². The van der Waals surface area contributed by atoms with Gasteiger partial charge in [0.25, 0.3) is 0 Å². The van der Waals surface area contributed by atoms with E-state index in [-0.39, 0.29) is 0 Å². The largest absolute Gasteiger partial charge is 0.472 e. The van der Waals surface area contributed by atoms with Gasteiger partial charge in [-0.3, -0.25) is 5.10 Å². The highest BCUT2D eigenvalue weighted by Gasteiger charge is 2.11. The Balaban J connectivity index is 2.04. The number of aliphatic hydroxyl groups excluding tert-OH is 1. The SMILES string of the molecule is OC(Cc1ccoc1)c1ncn[nH]1. The molecular formula is C8H9N3O2. The van der Waals surface area contributed by atoms with Gasteiger partial charge in [-0.15, -0.1) is 0 Å². The molecule has 13 heavy (non-hydrogen) atoms. The maximum absolute atomic E-state index is 9.61. The van der Waals surface area contributed by atoms with Gasteiger partial charge in [0.15, 0.2) is 5.82 Å². The minimum absolute atomic E-state index is 0.473. The highest BCUT2D eigenvalue weighted by atomic mass is 16.3. The first kappa shape index (κ1) is 8.00. The summed E-state index contributed by atoms with van der Waals surface area (Å²) in [6.07, 6.45) is 4.36. The van der Waals surface area contributed by atoms with Crippen LogP contribution in [0.3, 0.4) is 0 Å². The number of furan rings is 1. The van der Waals surface area contributed by atoms with E-state index >= 15 is 0 Å². The van der Waals surface area contributed by atoms with Crippen LogP contribution in [0.4, 0.5) is 0 Å². The molecule has 2 rings (SSSR count). The molecule has 2 heterocycles. The number of nitrogens with one attached hydrogen (secondary N) is 1. The molecule has 68 valence electrons. The lowest BCUT2D eigenvalue weighted by Gasteiger charge is -2.03. The Morgan fingerprint density at radius 2 is 2.54 bits per heavy atom. The maximum Gasteiger partial charge on any atom is 0.153 e. The van der Waals surface area contributed by atoms with Crippen molar-refractivity contribution in [2.45, 2.75) is 12.5 Å². The van der Waals surface area contributed by atoms with Crippen LogP contribution in [0.15, 0.2) is 29.3 Å². The predicted octanol–water partition coefficient (Wildman–Crippen LogP) is 0.674. The molecule has 0 spiro atoms. The molecule has 5 heteroatoms. The van der Waals surface area contributed by atoms with Crippen LogP contribution in [0.1, 0.15) is 17.5 Å². The fourth-order valence-electron chi connectivity index (χ4n) is 1.10. The third-order valence-electron chi connectivity index (χ3n) is 1.76. The van der Waals surface area contributed by atoms with Gasteiger partial charge in [-0.05, 0) is 11.6 Å². The van der Waals surface area contributed by atoms with E-state index in [4.69, 9.17) is 4.42 Å². The number of aromatic amines is 1. The van der Waals surface area contributed by atoms with Crippen LogP contribution in [0.5, 0.6) is 0 Å². The summed E-state index contributed by atoms with van der Waals surface area (Å²) in [7, 11) is 0. The van der Waals surface area contributed by atoms with Crippen LogP contribution in [-0.4, -0.2) is 20.3 Å². The number of H-pyrrole nitrogens is 1. The van der Waals surface area contributed by atoms with Crippen LogP contribution < -0.4 is 0 Å². The van der Waals surface area contributed by atoms with Gasteiger partial charge in [-0.1, -0.05) is 0 Å². The Bertz CT molecular complexity index is 341. The topological polar surface area (TPSA) is 74.9 Å². The van der Waals surface area contributed by atoms with E-state index in [2.05, 4.69) is 15.2 Å².